The zero-order chi connectivity index (χ0) is 17.5. The molecule has 0 spiro atoms. The van der Waals surface area contributed by atoms with Crippen molar-refractivity contribution in [2.24, 2.45) is 0 Å². The largest absolute Gasteiger partial charge is 0.470 e. The highest BCUT2D eigenvalue weighted by Crippen LogP contribution is 2.62. The lowest BCUT2D eigenvalue weighted by molar-refractivity contribution is -0.125. The van der Waals surface area contributed by atoms with Gasteiger partial charge in [0, 0.05) is 0 Å². The number of nitrogens with zero attached hydrogens (tertiary/aromatic N) is 3. The summed E-state index contributed by atoms with van der Waals surface area (Å²) in [5, 5.41) is 25.2. The van der Waals surface area contributed by atoms with E-state index in [1.54, 1.807) is 12.1 Å². The summed E-state index contributed by atoms with van der Waals surface area (Å²) in [7, 11) is -4.82. The molecule has 0 aromatic carbocycles. The van der Waals surface area contributed by atoms with Gasteiger partial charge in [0.05, 0.1) is 5.69 Å². The molecule has 0 radical (unpaired) electrons. The van der Waals surface area contributed by atoms with Crippen LogP contribution in [0.25, 0.3) is 5.52 Å². The van der Waals surface area contributed by atoms with Gasteiger partial charge in [-0.05, 0) is 19.1 Å². The average Bonchev–Trinajstić information content (AvgIpc) is 2.84. The number of nitrogens with two attached hydrogens (primary N) is 1. The Labute approximate surface area is 134 Å². The van der Waals surface area contributed by atoms with Crippen molar-refractivity contribution in [3.63, 3.8) is 0 Å². The van der Waals surface area contributed by atoms with E-state index in [1.165, 1.54) is 17.8 Å². The van der Waals surface area contributed by atoms with Crippen LogP contribution in [0.1, 0.15) is 12.6 Å². The first kappa shape index (κ1) is 15.9. The second-order valence-electron chi connectivity index (χ2n) is 6.11. The van der Waals surface area contributed by atoms with Crippen LogP contribution in [0, 0.1) is 0 Å². The molecule has 3 heterocycles. The molecular formula is C12H15N4O7P. The summed E-state index contributed by atoms with van der Waals surface area (Å²) in [6, 6.07) is 3.26. The third-order valence-corrected chi connectivity index (χ3v) is 5.15. The molecular weight excluding hydrogens is 343 g/mol. The van der Waals surface area contributed by atoms with Gasteiger partial charge in [0.15, 0.2) is 11.4 Å². The first-order valence-corrected chi connectivity index (χ1v) is 8.53. The number of phosphoric ester groups is 1. The molecule has 1 aliphatic carbocycles. The summed E-state index contributed by atoms with van der Waals surface area (Å²) >= 11 is 0. The monoisotopic (exact) mass is 358 g/mol. The quantitative estimate of drug-likeness (QED) is 0.407. The molecule has 1 saturated carbocycles. The number of rotatable bonds is 3. The molecule has 1 aliphatic heterocycles. The van der Waals surface area contributed by atoms with Gasteiger partial charge in [-0.15, -0.1) is 0 Å². The van der Waals surface area contributed by atoms with E-state index in [1.807, 2.05) is 0 Å². The van der Waals surface area contributed by atoms with Crippen LogP contribution >= 0.6 is 7.82 Å². The van der Waals surface area contributed by atoms with Gasteiger partial charge < -0.3 is 30.5 Å². The Morgan fingerprint density at radius 1 is 1.46 bits per heavy atom. The van der Waals surface area contributed by atoms with Gasteiger partial charge in [-0.1, -0.05) is 0 Å². The van der Waals surface area contributed by atoms with Gasteiger partial charge in [-0.25, -0.2) is 14.1 Å². The Bertz CT molecular complexity index is 883. The van der Waals surface area contributed by atoms with Crippen molar-refractivity contribution in [3.05, 3.63) is 24.2 Å². The maximum absolute atomic E-state index is 11.0. The van der Waals surface area contributed by atoms with Gasteiger partial charge in [-0.2, -0.15) is 5.10 Å². The topological polar surface area (TPSA) is 173 Å². The summed E-state index contributed by atoms with van der Waals surface area (Å²) in [6.07, 6.45) is -2.64. The number of ether oxygens (including phenoxy) is 1. The second kappa shape index (κ2) is 4.52. The predicted octanol–water partition coefficient (Wildman–Crippen LogP) is -1.49. The Kier molecular flexibility index (Phi) is 3.00. The number of phosphoric acid groups is 1. The van der Waals surface area contributed by atoms with Gasteiger partial charge in [-0.3, -0.25) is 4.52 Å². The number of fused-ring (bicyclic) bond motifs is 2. The van der Waals surface area contributed by atoms with Crippen LogP contribution in [-0.2, 0) is 19.4 Å². The normalized spacial score (nSPS) is 38.5. The zero-order valence-electron chi connectivity index (χ0n) is 12.3. The summed E-state index contributed by atoms with van der Waals surface area (Å²) in [5.41, 5.74) is 3.39. The Morgan fingerprint density at radius 3 is 2.75 bits per heavy atom. The summed E-state index contributed by atoms with van der Waals surface area (Å²) in [5.74, 6) is 0.235. The molecule has 1 saturated heterocycles. The molecule has 1 unspecified atom stereocenters. The molecule has 2 aromatic rings. The van der Waals surface area contributed by atoms with Crippen molar-refractivity contribution in [2.75, 3.05) is 5.73 Å². The maximum atomic E-state index is 11.0. The van der Waals surface area contributed by atoms with E-state index in [0.29, 0.717) is 11.2 Å². The SMILES string of the molecule is C[C@@]1(c2ccc3c(N)ncnn23)O[C@@H]2C(OP(=O)(O)O)[C@]2(O)[C@H]1O. The molecule has 130 valence electrons. The van der Waals surface area contributed by atoms with E-state index >= 15 is 0 Å². The average molecular weight is 358 g/mol. The highest BCUT2D eigenvalue weighted by molar-refractivity contribution is 7.46. The van der Waals surface area contributed by atoms with Crippen molar-refractivity contribution in [1.29, 1.82) is 0 Å². The lowest BCUT2D eigenvalue weighted by Gasteiger charge is -2.32. The minimum Gasteiger partial charge on any atom is -0.386 e. The van der Waals surface area contributed by atoms with Gasteiger partial charge in [0.2, 0.25) is 0 Å². The highest BCUT2D eigenvalue weighted by Gasteiger charge is 2.82. The first-order chi connectivity index (χ1) is 11.1. The summed E-state index contributed by atoms with van der Waals surface area (Å²) in [4.78, 5) is 21.6. The predicted molar refractivity (Wildman–Crippen MR) is 77.5 cm³/mol. The van der Waals surface area contributed by atoms with E-state index in [0.717, 1.165) is 0 Å². The molecule has 2 aliphatic rings. The van der Waals surface area contributed by atoms with Crippen LogP contribution in [0.15, 0.2) is 18.5 Å². The lowest BCUT2D eigenvalue weighted by Crippen LogP contribution is -2.46. The molecule has 0 bridgehead atoms. The molecule has 24 heavy (non-hydrogen) atoms. The van der Waals surface area contributed by atoms with Crippen molar-refractivity contribution in [3.8, 4) is 0 Å². The lowest BCUT2D eigenvalue weighted by atomic mass is 9.91. The number of nitrogen functional groups attached to an aromatic ring is 1. The number of aromatic nitrogens is 3. The van der Waals surface area contributed by atoms with Crippen LogP contribution in [0.2, 0.25) is 0 Å². The van der Waals surface area contributed by atoms with Gasteiger partial charge >= 0.3 is 7.82 Å². The van der Waals surface area contributed by atoms with Crippen LogP contribution < -0.4 is 5.73 Å². The smallest absolute Gasteiger partial charge is 0.386 e. The van der Waals surface area contributed by atoms with Crippen LogP contribution in [-0.4, -0.2) is 58.5 Å². The molecule has 2 aromatic heterocycles. The minimum atomic E-state index is -4.82. The van der Waals surface area contributed by atoms with Gasteiger partial charge in [0.1, 0.15) is 35.8 Å². The number of hydrogen-bond acceptors (Lipinski definition) is 8. The van der Waals surface area contributed by atoms with Crippen LogP contribution in [0.5, 0.6) is 0 Å². The molecule has 11 nitrogen and oxygen atoms in total. The molecule has 12 heteroatoms. The third-order valence-electron chi connectivity index (χ3n) is 4.65. The fourth-order valence-electron chi connectivity index (χ4n) is 3.38. The van der Waals surface area contributed by atoms with Crippen LogP contribution in [0.4, 0.5) is 5.82 Å². The van der Waals surface area contributed by atoms with E-state index in [2.05, 4.69) is 14.6 Å². The molecule has 2 fully saturated rings. The van der Waals surface area contributed by atoms with E-state index < -0.39 is 37.3 Å². The number of aliphatic hydroxyl groups excluding tert-OH is 1. The van der Waals surface area contributed by atoms with Crippen molar-refractivity contribution in [2.45, 2.75) is 36.4 Å². The maximum Gasteiger partial charge on any atom is 0.470 e. The van der Waals surface area contributed by atoms with Crippen molar-refractivity contribution >= 4 is 19.2 Å². The Hall–Kier alpha value is -1.59. The number of anilines is 1. The molecule has 5 atom stereocenters. The summed E-state index contributed by atoms with van der Waals surface area (Å²) < 4.78 is 22.6. The van der Waals surface area contributed by atoms with Crippen molar-refractivity contribution in [1.82, 2.24) is 14.6 Å². The highest BCUT2D eigenvalue weighted by atomic mass is 31.2. The molecule has 6 N–H and O–H groups in total. The van der Waals surface area contributed by atoms with Crippen LogP contribution in [0.3, 0.4) is 0 Å². The molecule has 0 amide bonds. The zero-order valence-corrected chi connectivity index (χ0v) is 13.2. The number of hydrogen-bond donors (Lipinski definition) is 5. The summed E-state index contributed by atoms with van der Waals surface area (Å²) in [6.45, 7) is 1.54. The fourth-order valence-corrected chi connectivity index (χ4v) is 3.96. The number of aliphatic hydroxyl groups is 2. The first-order valence-electron chi connectivity index (χ1n) is 7.00. The third kappa shape index (κ3) is 1.91. The van der Waals surface area contributed by atoms with E-state index in [9.17, 15) is 14.8 Å². The Balaban J connectivity index is 1.71. The fraction of sp³-hybridized carbons (Fsp3) is 0.500. The van der Waals surface area contributed by atoms with Gasteiger partial charge in [0.25, 0.3) is 0 Å². The van der Waals surface area contributed by atoms with E-state index in [4.69, 9.17) is 20.3 Å². The standard InChI is InChI=1S/C12H15N4O7P/c1-11(6-3-2-5-9(13)14-4-15-16(5)6)10(17)12(18)7(22-11)8(12)23-24(19,20)21/h2-4,7-8,10,17-18H,1H3,(H2,13,14,15)(H2,19,20,21)/t7-,8?,10+,11+,12+/m1/s1. The Morgan fingerprint density at radius 2 is 2.17 bits per heavy atom. The second-order valence-corrected chi connectivity index (χ2v) is 7.30. The van der Waals surface area contributed by atoms with Crippen molar-refractivity contribution < 1.29 is 33.8 Å². The minimum absolute atomic E-state index is 0.235. The van der Waals surface area contributed by atoms with E-state index in [-0.39, 0.29) is 5.82 Å². The molecule has 4 rings (SSSR count).